The van der Waals surface area contributed by atoms with Gasteiger partial charge in [0.1, 0.15) is 5.75 Å². The normalized spacial score (nSPS) is 12.3. The predicted octanol–water partition coefficient (Wildman–Crippen LogP) is 2.89. The van der Waals surface area contributed by atoms with Gasteiger partial charge in [-0.05, 0) is 52.9 Å². The minimum Gasteiger partial charge on any atom is -0.497 e. The van der Waals surface area contributed by atoms with Crippen LogP contribution >= 0.6 is 11.3 Å². The van der Waals surface area contributed by atoms with E-state index in [4.69, 9.17) is 10.6 Å². The molecule has 0 spiro atoms. The zero-order chi connectivity index (χ0) is 12.8. The van der Waals surface area contributed by atoms with Crippen LogP contribution in [0.4, 0.5) is 0 Å². The molecule has 1 aromatic heterocycles. The van der Waals surface area contributed by atoms with E-state index in [0.29, 0.717) is 0 Å². The average molecular weight is 262 g/mol. The van der Waals surface area contributed by atoms with Gasteiger partial charge >= 0.3 is 0 Å². The van der Waals surface area contributed by atoms with Gasteiger partial charge in [-0.3, -0.25) is 11.3 Å². The molecule has 3 N–H and O–H groups in total. The number of hydrogen-bond donors (Lipinski definition) is 2. The molecule has 0 saturated carbocycles. The number of rotatable bonds is 6. The summed E-state index contributed by atoms with van der Waals surface area (Å²) in [6.07, 6.45) is 2.02. The van der Waals surface area contributed by atoms with Gasteiger partial charge in [0.25, 0.3) is 0 Å². The minimum absolute atomic E-state index is 0.177. The van der Waals surface area contributed by atoms with Gasteiger partial charge < -0.3 is 4.74 Å². The largest absolute Gasteiger partial charge is 0.497 e. The van der Waals surface area contributed by atoms with Crippen LogP contribution in [0.1, 0.15) is 23.6 Å². The molecule has 0 saturated heterocycles. The lowest BCUT2D eigenvalue weighted by molar-refractivity contribution is 0.414. The van der Waals surface area contributed by atoms with Crippen LogP contribution in [0.15, 0.2) is 41.1 Å². The van der Waals surface area contributed by atoms with E-state index in [9.17, 15) is 0 Å². The fraction of sp³-hybridized carbons (Fsp3) is 0.286. The average Bonchev–Trinajstić information content (AvgIpc) is 2.93. The zero-order valence-electron chi connectivity index (χ0n) is 10.4. The van der Waals surface area contributed by atoms with E-state index in [1.54, 1.807) is 18.4 Å². The highest BCUT2D eigenvalue weighted by atomic mass is 32.1. The zero-order valence-corrected chi connectivity index (χ0v) is 11.2. The maximum absolute atomic E-state index is 5.64. The molecule has 0 amide bonds. The Morgan fingerprint density at radius 1 is 1.28 bits per heavy atom. The van der Waals surface area contributed by atoms with E-state index in [0.717, 1.165) is 18.6 Å². The minimum atomic E-state index is 0.177. The van der Waals surface area contributed by atoms with Crippen LogP contribution in [0.5, 0.6) is 5.75 Å². The topological polar surface area (TPSA) is 47.3 Å². The van der Waals surface area contributed by atoms with Gasteiger partial charge in [0, 0.05) is 6.04 Å². The quantitative estimate of drug-likeness (QED) is 0.621. The molecule has 1 unspecified atom stereocenters. The van der Waals surface area contributed by atoms with Crippen molar-refractivity contribution in [3.63, 3.8) is 0 Å². The van der Waals surface area contributed by atoms with Gasteiger partial charge in [0.05, 0.1) is 7.11 Å². The molecule has 0 fully saturated rings. The maximum Gasteiger partial charge on any atom is 0.118 e. The SMILES string of the molecule is COc1ccc(C(CCc2ccsc2)NN)cc1. The van der Waals surface area contributed by atoms with E-state index >= 15 is 0 Å². The summed E-state index contributed by atoms with van der Waals surface area (Å²) in [7, 11) is 1.67. The van der Waals surface area contributed by atoms with Crippen LogP contribution in [0.3, 0.4) is 0 Å². The Bertz CT molecular complexity index is 453. The van der Waals surface area contributed by atoms with E-state index in [1.165, 1.54) is 11.1 Å². The van der Waals surface area contributed by atoms with E-state index < -0.39 is 0 Å². The van der Waals surface area contributed by atoms with E-state index in [-0.39, 0.29) is 6.04 Å². The van der Waals surface area contributed by atoms with Crippen molar-refractivity contribution >= 4 is 11.3 Å². The van der Waals surface area contributed by atoms with Crippen LogP contribution in [0.2, 0.25) is 0 Å². The lowest BCUT2D eigenvalue weighted by Crippen LogP contribution is -2.28. The second kappa shape index (κ2) is 6.54. The molecule has 4 heteroatoms. The Balaban J connectivity index is 1.98. The van der Waals surface area contributed by atoms with Crippen LogP contribution in [-0.4, -0.2) is 7.11 Å². The van der Waals surface area contributed by atoms with Gasteiger partial charge in [0.15, 0.2) is 0 Å². The van der Waals surface area contributed by atoms with E-state index in [2.05, 4.69) is 34.4 Å². The van der Waals surface area contributed by atoms with Gasteiger partial charge in [-0.25, -0.2) is 0 Å². The highest BCUT2D eigenvalue weighted by Gasteiger charge is 2.09. The summed E-state index contributed by atoms with van der Waals surface area (Å²) < 4.78 is 5.15. The molecule has 2 aromatic rings. The van der Waals surface area contributed by atoms with Crippen LogP contribution in [0.25, 0.3) is 0 Å². The van der Waals surface area contributed by atoms with Gasteiger partial charge in [-0.1, -0.05) is 12.1 Å². The summed E-state index contributed by atoms with van der Waals surface area (Å²) >= 11 is 1.73. The smallest absolute Gasteiger partial charge is 0.118 e. The molecule has 2 rings (SSSR count). The number of ether oxygens (including phenoxy) is 1. The molecule has 1 heterocycles. The molecule has 3 nitrogen and oxygen atoms in total. The van der Waals surface area contributed by atoms with Crippen LogP contribution in [-0.2, 0) is 6.42 Å². The van der Waals surface area contributed by atoms with Crippen molar-refractivity contribution in [3.8, 4) is 5.75 Å². The molecule has 0 aliphatic rings. The number of thiophene rings is 1. The molecule has 0 radical (unpaired) electrons. The molecule has 0 aliphatic carbocycles. The summed E-state index contributed by atoms with van der Waals surface area (Å²) in [5, 5.41) is 4.29. The Hall–Kier alpha value is -1.36. The van der Waals surface area contributed by atoms with Crippen molar-refractivity contribution in [2.45, 2.75) is 18.9 Å². The maximum atomic E-state index is 5.64. The highest BCUT2D eigenvalue weighted by Crippen LogP contribution is 2.21. The van der Waals surface area contributed by atoms with Gasteiger partial charge in [0.2, 0.25) is 0 Å². The third-order valence-corrected chi connectivity index (χ3v) is 3.75. The van der Waals surface area contributed by atoms with Crippen molar-refractivity contribution in [2.75, 3.05) is 7.11 Å². The standard InChI is InChI=1S/C14H18N2OS/c1-17-13-5-3-12(4-6-13)14(16-15)7-2-11-8-9-18-10-11/h3-6,8-10,14,16H,2,7,15H2,1H3. The first-order valence-corrected chi connectivity index (χ1v) is 6.89. The van der Waals surface area contributed by atoms with Gasteiger partial charge in [-0.2, -0.15) is 11.3 Å². The number of nitrogens with one attached hydrogen (secondary N) is 1. The summed E-state index contributed by atoms with van der Waals surface area (Å²) in [6.45, 7) is 0. The van der Waals surface area contributed by atoms with Gasteiger partial charge in [-0.15, -0.1) is 0 Å². The van der Waals surface area contributed by atoms with Crippen molar-refractivity contribution < 1.29 is 4.74 Å². The van der Waals surface area contributed by atoms with Crippen molar-refractivity contribution in [3.05, 3.63) is 52.2 Å². The Labute approximate surface area is 112 Å². The fourth-order valence-electron chi connectivity index (χ4n) is 1.93. The third-order valence-electron chi connectivity index (χ3n) is 3.02. The lowest BCUT2D eigenvalue weighted by Gasteiger charge is -2.16. The number of aryl methyl sites for hydroxylation is 1. The molecule has 0 aliphatic heterocycles. The molecule has 1 aromatic carbocycles. The van der Waals surface area contributed by atoms with Crippen LogP contribution in [0, 0.1) is 0 Å². The predicted molar refractivity (Wildman–Crippen MR) is 75.7 cm³/mol. The number of hydrogen-bond acceptors (Lipinski definition) is 4. The van der Waals surface area contributed by atoms with Crippen LogP contribution < -0.4 is 16.0 Å². The first-order valence-electron chi connectivity index (χ1n) is 5.94. The Morgan fingerprint density at radius 2 is 2.06 bits per heavy atom. The highest BCUT2D eigenvalue weighted by molar-refractivity contribution is 7.07. The summed E-state index contributed by atoms with van der Waals surface area (Å²) in [6, 6.07) is 10.4. The van der Waals surface area contributed by atoms with Crippen molar-refractivity contribution in [2.24, 2.45) is 5.84 Å². The summed E-state index contributed by atoms with van der Waals surface area (Å²) in [4.78, 5) is 0. The Morgan fingerprint density at radius 3 is 2.61 bits per heavy atom. The van der Waals surface area contributed by atoms with E-state index in [1.807, 2.05) is 12.1 Å². The van der Waals surface area contributed by atoms with Crippen molar-refractivity contribution in [1.82, 2.24) is 5.43 Å². The molecule has 1 atom stereocenters. The molecular formula is C14H18N2OS. The monoisotopic (exact) mass is 262 g/mol. The molecular weight excluding hydrogens is 244 g/mol. The van der Waals surface area contributed by atoms with Crippen molar-refractivity contribution in [1.29, 1.82) is 0 Å². The third kappa shape index (κ3) is 3.32. The number of nitrogens with two attached hydrogens (primary N) is 1. The second-order valence-corrected chi connectivity index (χ2v) is 4.94. The molecule has 18 heavy (non-hydrogen) atoms. The number of benzene rings is 1. The summed E-state index contributed by atoms with van der Waals surface area (Å²) in [5.41, 5.74) is 5.44. The Kier molecular flexibility index (Phi) is 4.75. The summed E-state index contributed by atoms with van der Waals surface area (Å²) in [5.74, 6) is 6.50. The molecule has 96 valence electrons. The second-order valence-electron chi connectivity index (χ2n) is 4.16. The molecule has 0 bridgehead atoms. The number of hydrazine groups is 1. The number of methoxy groups -OCH3 is 1. The first kappa shape index (κ1) is 13.1. The first-order chi connectivity index (χ1) is 8.83. The lowest BCUT2D eigenvalue weighted by atomic mass is 10.0. The fourth-order valence-corrected chi connectivity index (χ4v) is 2.63.